The predicted molar refractivity (Wildman–Crippen MR) is 106 cm³/mol. The van der Waals surface area contributed by atoms with E-state index in [0.717, 1.165) is 22.4 Å². The van der Waals surface area contributed by atoms with Gasteiger partial charge < -0.3 is 14.8 Å². The minimum Gasteiger partial charge on any atom is -0.454 e. The van der Waals surface area contributed by atoms with Crippen LogP contribution in [0.2, 0.25) is 0 Å². The number of aryl methyl sites for hydroxylation is 1. The van der Waals surface area contributed by atoms with Gasteiger partial charge in [0.05, 0.1) is 4.90 Å². The Balaban J connectivity index is 1.56. The van der Waals surface area contributed by atoms with E-state index in [2.05, 4.69) is 10.4 Å². The zero-order chi connectivity index (χ0) is 21.3. The molecule has 4 rings (SSSR count). The lowest BCUT2D eigenvalue weighted by atomic mass is 10.2. The van der Waals surface area contributed by atoms with Gasteiger partial charge >= 0.3 is 0 Å². The lowest BCUT2D eigenvalue weighted by Gasteiger charge is -2.09. The fourth-order valence-electron chi connectivity index (χ4n) is 2.90. The molecule has 2 heterocycles. The van der Waals surface area contributed by atoms with Gasteiger partial charge in [0.25, 0.3) is 5.56 Å². The summed E-state index contributed by atoms with van der Waals surface area (Å²) in [6, 6.07) is 13.4. The van der Waals surface area contributed by atoms with Crippen molar-refractivity contribution in [3.8, 4) is 11.5 Å². The molecule has 0 radical (unpaired) electrons. The van der Waals surface area contributed by atoms with Gasteiger partial charge in [-0.3, -0.25) is 9.59 Å². The second kappa shape index (κ2) is 7.64. The third kappa shape index (κ3) is 3.90. The van der Waals surface area contributed by atoms with Crippen LogP contribution in [-0.4, -0.2) is 30.9 Å². The first-order valence-corrected chi connectivity index (χ1v) is 10.4. The topological polar surface area (TPSA) is 117 Å². The molecule has 0 bridgehead atoms. The lowest BCUT2D eigenvalue weighted by molar-refractivity contribution is -0.117. The molecule has 0 unspecified atom stereocenters. The molecule has 1 aliphatic rings. The minimum absolute atomic E-state index is 0.0602. The Morgan fingerprint density at radius 1 is 1.10 bits per heavy atom. The van der Waals surface area contributed by atoms with Crippen molar-refractivity contribution >= 4 is 21.4 Å². The summed E-state index contributed by atoms with van der Waals surface area (Å²) >= 11 is 0. The highest BCUT2D eigenvalue weighted by Gasteiger charge is 2.21. The first kappa shape index (κ1) is 19.6. The van der Waals surface area contributed by atoms with Gasteiger partial charge in [-0.2, -0.15) is 5.10 Å². The van der Waals surface area contributed by atoms with E-state index in [4.69, 9.17) is 9.47 Å². The van der Waals surface area contributed by atoms with E-state index in [1.165, 1.54) is 12.1 Å². The van der Waals surface area contributed by atoms with Crippen molar-refractivity contribution in [2.75, 3.05) is 12.1 Å². The minimum atomic E-state index is -3.94. The largest absolute Gasteiger partial charge is 0.454 e. The molecule has 2 aromatic carbocycles. The second-order valence-corrected chi connectivity index (χ2v) is 8.50. The molecule has 0 spiro atoms. The maximum absolute atomic E-state index is 12.8. The number of carbonyl (C=O) groups excluding carboxylic acids is 1. The highest BCUT2D eigenvalue weighted by Crippen LogP contribution is 2.34. The number of nitrogens with one attached hydrogen (secondary N) is 1. The Hall–Kier alpha value is -3.66. The van der Waals surface area contributed by atoms with E-state index in [1.807, 2.05) is 0 Å². The van der Waals surface area contributed by atoms with Crippen LogP contribution in [-0.2, 0) is 21.2 Å². The van der Waals surface area contributed by atoms with Gasteiger partial charge in [0.1, 0.15) is 6.54 Å². The average molecular weight is 427 g/mol. The van der Waals surface area contributed by atoms with Crippen LogP contribution >= 0.6 is 0 Å². The number of ether oxygens (including phenoxy) is 2. The van der Waals surface area contributed by atoms with E-state index in [9.17, 15) is 18.0 Å². The number of carbonyl (C=O) groups is 1. The van der Waals surface area contributed by atoms with E-state index >= 15 is 0 Å². The number of sulfone groups is 1. The number of hydrogen-bond acceptors (Lipinski definition) is 7. The zero-order valence-corrected chi connectivity index (χ0v) is 16.7. The molecule has 9 nitrogen and oxygen atoms in total. The lowest BCUT2D eigenvalue weighted by Crippen LogP contribution is -2.30. The Bertz CT molecular complexity index is 1300. The van der Waals surface area contributed by atoms with Crippen LogP contribution in [0.3, 0.4) is 0 Å². The number of amides is 1. The van der Waals surface area contributed by atoms with Crippen LogP contribution in [0.5, 0.6) is 11.5 Å². The number of fused-ring (bicyclic) bond motifs is 1. The molecule has 1 N–H and O–H groups in total. The number of rotatable bonds is 5. The highest BCUT2D eigenvalue weighted by molar-refractivity contribution is 7.91. The summed E-state index contributed by atoms with van der Waals surface area (Å²) in [5.41, 5.74) is 0.618. The van der Waals surface area contributed by atoms with Crippen molar-refractivity contribution in [2.45, 2.75) is 23.4 Å². The number of hydrogen-bond donors (Lipinski definition) is 1. The van der Waals surface area contributed by atoms with Gasteiger partial charge in [0, 0.05) is 17.8 Å². The third-order valence-corrected chi connectivity index (χ3v) is 6.01. The number of nitrogens with zero attached hydrogens (tertiary/aromatic N) is 2. The highest BCUT2D eigenvalue weighted by atomic mass is 32.2. The van der Waals surface area contributed by atoms with E-state index < -0.39 is 27.8 Å². The zero-order valence-electron chi connectivity index (χ0n) is 15.9. The quantitative estimate of drug-likeness (QED) is 0.659. The normalized spacial score (nSPS) is 12.6. The molecule has 0 fully saturated rings. The summed E-state index contributed by atoms with van der Waals surface area (Å²) < 4.78 is 36.9. The molecule has 0 aliphatic carbocycles. The maximum atomic E-state index is 12.8. The third-order valence-electron chi connectivity index (χ3n) is 4.37. The van der Waals surface area contributed by atoms with Crippen LogP contribution in [0.1, 0.15) is 5.56 Å². The van der Waals surface area contributed by atoms with E-state index in [-0.39, 0.29) is 16.7 Å². The fraction of sp³-hybridized carbons (Fsp3) is 0.150. The van der Waals surface area contributed by atoms with E-state index in [1.54, 1.807) is 37.3 Å². The number of aromatic nitrogens is 2. The van der Waals surface area contributed by atoms with Crippen molar-refractivity contribution in [3.05, 3.63) is 70.5 Å². The molecule has 1 amide bonds. The summed E-state index contributed by atoms with van der Waals surface area (Å²) in [5, 5.41) is 6.21. The monoisotopic (exact) mass is 427 g/mol. The molecule has 0 saturated heterocycles. The molecule has 1 aromatic heterocycles. The fourth-order valence-corrected chi connectivity index (χ4v) is 4.19. The standard InChI is InChI=1S/C20H17N3O6S/c1-13-3-2-4-15(9-13)30(26,27)19-7-8-20(25)23(22-19)11-18(24)21-14-5-6-16-17(10-14)29-12-28-16/h2-10H,11-12H2,1H3,(H,21,24). The smallest absolute Gasteiger partial charge is 0.267 e. The first-order chi connectivity index (χ1) is 14.3. The Labute approximate surface area is 171 Å². The second-order valence-electron chi connectivity index (χ2n) is 6.60. The van der Waals surface area contributed by atoms with Gasteiger partial charge in [-0.05, 0) is 42.8 Å². The molecule has 154 valence electrons. The Morgan fingerprint density at radius 2 is 1.90 bits per heavy atom. The van der Waals surface area contributed by atoms with Crippen LogP contribution in [0, 0.1) is 6.92 Å². The summed E-state index contributed by atoms with van der Waals surface area (Å²) in [6.45, 7) is 1.42. The summed E-state index contributed by atoms with van der Waals surface area (Å²) in [6.07, 6.45) is 0. The van der Waals surface area contributed by atoms with Crippen molar-refractivity contribution in [3.63, 3.8) is 0 Å². The van der Waals surface area contributed by atoms with Crippen LogP contribution in [0.25, 0.3) is 0 Å². The Morgan fingerprint density at radius 3 is 2.70 bits per heavy atom. The molecule has 30 heavy (non-hydrogen) atoms. The summed E-state index contributed by atoms with van der Waals surface area (Å²) in [4.78, 5) is 24.6. The van der Waals surface area contributed by atoms with Crippen LogP contribution < -0.4 is 20.3 Å². The van der Waals surface area contributed by atoms with Gasteiger partial charge in [-0.15, -0.1) is 0 Å². The summed E-state index contributed by atoms with van der Waals surface area (Å²) in [5.74, 6) is 0.517. The van der Waals surface area contributed by atoms with Gasteiger partial charge in [-0.1, -0.05) is 12.1 Å². The molecule has 3 aromatic rings. The molecular formula is C20H17N3O6S. The van der Waals surface area contributed by atoms with Crippen LogP contribution in [0.15, 0.2) is 69.3 Å². The van der Waals surface area contributed by atoms with Crippen molar-refractivity contribution in [2.24, 2.45) is 0 Å². The van der Waals surface area contributed by atoms with Gasteiger partial charge in [0.15, 0.2) is 16.5 Å². The molecular weight excluding hydrogens is 410 g/mol. The van der Waals surface area contributed by atoms with Gasteiger partial charge in [-0.25, -0.2) is 13.1 Å². The molecule has 0 saturated carbocycles. The Kier molecular flexibility index (Phi) is 5.00. The van der Waals surface area contributed by atoms with Crippen molar-refractivity contribution in [1.82, 2.24) is 9.78 Å². The van der Waals surface area contributed by atoms with E-state index in [0.29, 0.717) is 17.2 Å². The SMILES string of the molecule is Cc1cccc(S(=O)(=O)c2ccc(=O)n(CC(=O)Nc3ccc4c(c3)OCO4)n2)c1. The molecule has 0 atom stereocenters. The first-order valence-electron chi connectivity index (χ1n) is 8.92. The average Bonchev–Trinajstić information content (AvgIpc) is 3.17. The molecule has 10 heteroatoms. The van der Waals surface area contributed by atoms with Crippen molar-refractivity contribution < 1.29 is 22.7 Å². The predicted octanol–water partition coefficient (Wildman–Crippen LogP) is 1.75. The maximum Gasteiger partial charge on any atom is 0.267 e. The van der Waals surface area contributed by atoms with Crippen molar-refractivity contribution in [1.29, 1.82) is 0 Å². The number of anilines is 1. The molecule has 1 aliphatic heterocycles. The number of benzene rings is 2. The van der Waals surface area contributed by atoms with Crippen LogP contribution in [0.4, 0.5) is 5.69 Å². The summed E-state index contributed by atoms with van der Waals surface area (Å²) in [7, 11) is -3.94. The van der Waals surface area contributed by atoms with Gasteiger partial charge in [0.2, 0.25) is 22.5 Å².